The van der Waals surface area contributed by atoms with Crippen LogP contribution < -0.4 is 0 Å². The Labute approximate surface area is 106 Å². The van der Waals surface area contributed by atoms with Gasteiger partial charge in [-0.2, -0.15) is 0 Å². The highest BCUT2D eigenvalue weighted by Crippen LogP contribution is 2.27. The van der Waals surface area contributed by atoms with Crippen molar-refractivity contribution in [3.63, 3.8) is 0 Å². The Hall–Kier alpha value is -1.40. The van der Waals surface area contributed by atoms with Gasteiger partial charge in [-0.3, -0.25) is 4.79 Å². The van der Waals surface area contributed by atoms with Gasteiger partial charge in [-0.15, -0.1) is 0 Å². The zero-order valence-electron chi connectivity index (χ0n) is 10.6. The molecule has 1 saturated carbocycles. The predicted octanol–water partition coefficient (Wildman–Crippen LogP) is 0.664. The van der Waals surface area contributed by atoms with Crippen molar-refractivity contribution in [1.82, 2.24) is 10.1 Å². The van der Waals surface area contributed by atoms with Crippen molar-refractivity contribution in [2.45, 2.75) is 25.6 Å². The smallest absolute Gasteiger partial charge is 0.275 e. The number of aliphatic hydroxyl groups excluding tert-OH is 1. The maximum atomic E-state index is 12.0. The second-order valence-corrected chi connectivity index (χ2v) is 4.79. The number of aromatic nitrogens is 1. The first-order valence-corrected chi connectivity index (χ1v) is 5.98. The summed E-state index contributed by atoms with van der Waals surface area (Å²) in [5.74, 6) is 0.759. The van der Waals surface area contributed by atoms with E-state index in [0.29, 0.717) is 30.5 Å². The zero-order valence-corrected chi connectivity index (χ0v) is 10.6. The second-order valence-electron chi connectivity index (χ2n) is 4.79. The van der Waals surface area contributed by atoms with Crippen LogP contribution in [0.15, 0.2) is 10.6 Å². The number of carbonyl (C=O) groups is 1. The van der Waals surface area contributed by atoms with Crippen molar-refractivity contribution in [3.05, 3.63) is 17.5 Å². The Balaban J connectivity index is 1.88. The van der Waals surface area contributed by atoms with Crippen LogP contribution in [0.1, 0.15) is 29.1 Å². The molecule has 1 aromatic rings. The van der Waals surface area contributed by atoms with Crippen molar-refractivity contribution >= 4 is 5.91 Å². The van der Waals surface area contributed by atoms with Gasteiger partial charge in [0.05, 0.1) is 6.10 Å². The third-order valence-corrected chi connectivity index (χ3v) is 3.15. The Morgan fingerprint density at radius 1 is 1.67 bits per heavy atom. The molecule has 1 fully saturated rings. The quantitative estimate of drug-likeness (QED) is 0.835. The molecule has 1 aromatic heterocycles. The van der Waals surface area contributed by atoms with Crippen LogP contribution in [0.3, 0.4) is 0 Å². The number of nitrogens with zero attached hydrogens (tertiary/aromatic N) is 2. The van der Waals surface area contributed by atoms with E-state index < -0.39 is 0 Å². The van der Waals surface area contributed by atoms with Crippen LogP contribution in [-0.2, 0) is 11.3 Å². The number of methoxy groups -OCH3 is 1. The molecule has 0 spiro atoms. The van der Waals surface area contributed by atoms with Crippen LogP contribution in [0.5, 0.6) is 0 Å². The van der Waals surface area contributed by atoms with E-state index in [1.807, 2.05) is 0 Å². The number of hydrogen-bond acceptors (Lipinski definition) is 5. The lowest BCUT2D eigenvalue weighted by Gasteiger charge is -2.34. The number of ether oxygens (including phenoxy) is 1. The average Bonchev–Trinajstić information content (AvgIpc) is 2.75. The van der Waals surface area contributed by atoms with Gasteiger partial charge in [0.1, 0.15) is 6.61 Å². The first kappa shape index (κ1) is 13.0. The van der Waals surface area contributed by atoms with Gasteiger partial charge in [0.15, 0.2) is 11.5 Å². The van der Waals surface area contributed by atoms with Gasteiger partial charge < -0.3 is 19.3 Å². The highest BCUT2D eigenvalue weighted by molar-refractivity contribution is 5.92. The van der Waals surface area contributed by atoms with Gasteiger partial charge in [0, 0.05) is 26.8 Å². The van der Waals surface area contributed by atoms with E-state index in [9.17, 15) is 9.90 Å². The molecule has 0 bridgehead atoms. The largest absolute Gasteiger partial charge is 0.393 e. The van der Waals surface area contributed by atoms with Crippen LogP contribution in [0.2, 0.25) is 0 Å². The zero-order chi connectivity index (χ0) is 13.1. The lowest BCUT2D eigenvalue weighted by Crippen LogP contribution is -2.39. The molecule has 2 rings (SSSR count). The topological polar surface area (TPSA) is 75.8 Å². The molecule has 0 unspecified atom stereocenters. The molecule has 100 valence electrons. The third kappa shape index (κ3) is 2.88. The molecule has 0 aromatic carbocycles. The highest BCUT2D eigenvalue weighted by Gasteiger charge is 2.29. The van der Waals surface area contributed by atoms with E-state index in [4.69, 9.17) is 9.26 Å². The van der Waals surface area contributed by atoms with Gasteiger partial charge in [0.2, 0.25) is 0 Å². The minimum atomic E-state index is -0.196. The number of aliphatic hydroxyl groups is 1. The molecular weight excluding hydrogens is 236 g/mol. The van der Waals surface area contributed by atoms with Crippen LogP contribution in [0.25, 0.3) is 0 Å². The second kappa shape index (κ2) is 5.49. The van der Waals surface area contributed by atoms with E-state index >= 15 is 0 Å². The van der Waals surface area contributed by atoms with Crippen molar-refractivity contribution in [1.29, 1.82) is 0 Å². The van der Waals surface area contributed by atoms with Gasteiger partial charge >= 0.3 is 0 Å². The monoisotopic (exact) mass is 254 g/mol. The number of amides is 1. The Kier molecular flexibility index (Phi) is 3.98. The lowest BCUT2D eigenvalue weighted by atomic mass is 9.82. The summed E-state index contributed by atoms with van der Waals surface area (Å²) < 4.78 is 9.87. The van der Waals surface area contributed by atoms with Crippen molar-refractivity contribution in [2.75, 3.05) is 20.7 Å². The third-order valence-electron chi connectivity index (χ3n) is 3.15. The molecule has 6 heteroatoms. The Bertz CT molecular complexity index is 412. The molecule has 0 radical (unpaired) electrons. The number of hydrogen-bond donors (Lipinski definition) is 1. The van der Waals surface area contributed by atoms with Gasteiger partial charge in [-0.1, -0.05) is 5.16 Å². The molecule has 0 aliphatic heterocycles. The molecule has 0 saturated heterocycles. The summed E-state index contributed by atoms with van der Waals surface area (Å²) in [4.78, 5) is 13.6. The Morgan fingerprint density at radius 3 is 3.00 bits per heavy atom. The predicted molar refractivity (Wildman–Crippen MR) is 62.9 cm³/mol. The number of rotatable bonds is 5. The maximum Gasteiger partial charge on any atom is 0.275 e. The molecule has 18 heavy (non-hydrogen) atoms. The summed E-state index contributed by atoms with van der Waals surface area (Å²) >= 11 is 0. The molecule has 0 atom stereocenters. The number of carbonyl (C=O) groups excluding carboxylic acids is 1. The fraction of sp³-hybridized carbons (Fsp3) is 0.667. The summed E-state index contributed by atoms with van der Waals surface area (Å²) in [5.41, 5.74) is 0.296. The summed E-state index contributed by atoms with van der Waals surface area (Å²) in [6.07, 6.45) is 1.34. The lowest BCUT2D eigenvalue weighted by molar-refractivity contribution is 0.0263. The SMILES string of the molecule is COCc1cc(C(=O)N(C)CC2CC(O)C2)no1. The minimum Gasteiger partial charge on any atom is -0.393 e. The average molecular weight is 254 g/mol. The summed E-state index contributed by atoms with van der Waals surface area (Å²) in [6, 6.07) is 1.60. The van der Waals surface area contributed by atoms with E-state index in [-0.39, 0.29) is 12.0 Å². The standard InChI is InChI=1S/C12H18N2O4/c1-14(6-8-3-9(15)4-8)12(16)11-5-10(7-17-2)18-13-11/h5,8-9,15H,3-4,6-7H2,1-2H3. The fourth-order valence-corrected chi connectivity index (χ4v) is 2.14. The molecule has 1 aliphatic rings. The molecule has 1 amide bonds. The van der Waals surface area contributed by atoms with Gasteiger partial charge in [0.25, 0.3) is 5.91 Å². The molecule has 1 N–H and O–H groups in total. The minimum absolute atomic E-state index is 0.164. The summed E-state index contributed by atoms with van der Waals surface area (Å²) in [6.45, 7) is 0.946. The van der Waals surface area contributed by atoms with Crippen LogP contribution >= 0.6 is 0 Å². The fourth-order valence-electron chi connectivity index (χ4n) is 2.14. The summed E-state index contributed by atoms with van der Waals surface area (Å²) in [5, 5.41) is 12.9. The molecular formula is C12H18N2O4. The summed E-state index contributed by atoms with van der Waals surface area (Å²) in [7, 11) is 3.29. The normalized spacial score (nSPS) is 22.6. The van der Waals surface area contributed by atoms with E-state index in [0.717, 1.165) is 12.8 Å². The van der Waals surface area contributed by atoms with Gasteiger partial charge in [-0.05, 0) is 18.8 Å². The van der Waals surface area contributed by atoms with E-state index in [1.165, 1.54) is 0 Å². The molecule has 6 nitrogen and oxygen atoms in total. The van der Waals surface area contributed by atoms with Gasteiger partial charge in [-0.25, -0.2) is 0 Å². The highest BCUT2D eigenvalue weighted by atomic mass is 16.5. The molecule has 1 heterocycles. The van der Waals surface area contributed by atoms with E-state index in [1.54, 1.807) is 25.1 Å². The van der Waals surface area contributed by atoms with Crippen molar-refractivity contribution < 1.29 is 19.2 Å². The van der Waals surface area contributed by atoms with Crippen molar-refractivity contribution in [3.8, 4) is 0 Å². The van der Waals surface area contributed by atoms with E-state index in [2.05, 4.69) is 5.16 Å². The Morgan fingerprint density at radius 2 is 2.39 bits per heavy atom. The maximum absolute atomic E-state index is 12.0. The van der Waals surface area contributed by atoms with Crippen LogP contribution in [0.4, 0.5) is 0 Å². The van der Waals surface area contributed by atoms with Crippen LogP contribution in [0, 0.1) is 5.92 Å². The first-order valence-electron chi connectivity index (χ1n) is 5.98. The van der Waals surface area contributed by atoms with Crippen molar-refractivity contribution in [2.24, 2.45) is 5.92 Å². The molecule has 1 aliphatic carbocycles. The van der Waals surface area contributed by atoms with Crippen LogP contribution in [-0.4, -0.2) is 47.9 Å². The first-order chi connectivity index (χ1) is 8.60.